The summed E-state index contributed by atoms with van der Waals surface area (Å²) in [5.41, 5.74) is 2.06. The van der Waals surface area contributed by atoms with Gasteiger partial charge in [0.05, 0.1) is 0 Å². The molecule has 0 spiro atoms. The molecule has 35 heavy (non-hydrogen) atoms. The first kappa shape index (κ1) is 33.0. The maximum atomic E-state index is 11.2. The van der Waals surface area contributed by atoms with E-state index in [1.54, 1.807) is 0 Å². The second-order valence-corrected chi connectivity index (χ2v) is 19.2. The maximum absolute atomic E-state index is 11.2. The third-order valence-electron chi connectivity index (χ3n) is 9.18. The van der Waals surface area contributed by atoms with Crippen LogP contribution in [0.5, 0.6) is 0 Å². The highest BCUT2D eigenvalue weighted by atomic mass is 32.2. The summed E-state index contributed by atoms with van der Waals surface area (Å²) >= 11 is 0. The molecule has 3 heteroatoms. The zero-order valence-electron chi connectivity index (χ0n) is 26.4. The van der Waals surface area contributed by atoms with Crippen molar-refractivity contribution in [3.63, 3.8) is 0 Å². The standard InChI is InChI=1S/C8H17N.C8H16OS.2C8H16/c1-8(2,3)7-5-9(4)6-7;1-8(2,3)7-5-10(4,9)6-7;2*1-8(2,3)7-5-4-6-7/h7H,5-6H2,1-4H3;7H,4-6H2,1-3H3;2*7H,4-6H2,1-3H3. The molecule has 0 bridgehead atoms. The lowest BCUT2D eigenvalue weighted by molar-refractivity contribution is 0.0459. The molecule has 4 aliphatic rings. The lowest BCUT2D eigenvalue weighted by Crippen LogP contribution is -2.49. The molecule has 0 unspecified atom stereocenters. The summed E-state index contributed by atoms with van der Waals surface area (Å²) in [6.45, 7) is 30.2. The summed E-state index contributed by atoms with van der Waals surface area (Å²) < 4.78 is 11.2. The van der Waals surface area contributed by atoms with Gasteiger partial charge in [0.15, 0.2) is 0 Å². The average molecular weight is 512 g/mol. The van der Waals surface area contributed by atoms with Crippen molar-refractivity contribution in [1.82, 2.24) is 4.90 Å². The van der Waals surface area contributed by atoms with Gasteiger partial charge in [0.1, 0.15) is 0 Å². The molecule has 4 rings (SSSR count). The molecule has 2 aliphatic heterocycles. The van der Waals surface area contributed by atoms with Crippen LogP contribution in [0.1, 0.15) is 122 Å². The predicted octanol–water partition coefficient (Wildman–Crippen LogP) is 8.64. The van der Waals surface area contributed by atoms with E-state index < -0.39 is 9.52 Å². The minimum Gasteiger partial charge on any atom is -0.306 e. The van der Waals surface area contributed by atoms with E-state index in [-0.39, 0.29) is 0 Å². The summed E-state index contributed by atoms with van der Waals surface area (Å²) in [4.78, 5) is 2.37. The van der Waals surface area contributed by atoms with Crippen LogP contribution in [0.4, 0.5) is 0 Å². The van der Waals surface area contributed by atoms with Gasteiger partial charge in [-0.05, 0) is 93.5 Å². The predicted molar refractivity (Wildman–Crippen MR) is 162 cm³/mol. The first-order valence-electron chi connectivity index (χ1n) is 14.5. The molecule has 2 nitrogen and oxygen atoms in total. The highest BCUT2D eigenvalue weighted by Gasteiger charge is 2.37. The van der Waals surface area contributed by atoms with Crippen LogP contribution >= 0.6 is 0 Å². The minimum absolute atomic E-state index is 0.332. The van der Waals surface area contributed by atoms with Gasteiger partial charge in [0.25, 0.3) is 0 Å². The van der Waals surface area contributed by atoms with Gasteiger partial charge in [-0.25, -0.2) is 0 Å². The van der Waals surface area contributed by atoms with Crippen LogP contribution in [0.25, 0.3) is 0 Å². The number of hydrogen-bond donors (Lipinski definition) is 0. The zero-order valence-corrected chi connectivity index (χ0v) is 27.2. The quantitative estimate of drug-likeness (QED) is 0.303. The van der Waals surface area contributed by atoms with Crippen LogP contribution in [-0.4, -0.2) is 46.6 Å². The van der Waals surface area contributed by atoms with Gasteiger partial charge in [-0.3, -0.25) is 4.21 Å². The highest BCUT2D eigenvalue weighted by Crippen LogP contribution is 2.41. The van der Waals surface area contributed by atoms with Crippen molar-refractivity contribution in [3.8, 4) is 0 Å². The van der Waals surface area contributed by atoms with E-state index in [0.717, 1.165) is 29.3 Å². The first-order valence-corrected chi connectivity index (χ1v) is 16.6. The summed E-state index contributed by atoms with van der Waals surface area (Å²) in [7, 11) is 0.569. The van der Waals surface area contributed by atoms with Gasteiger partial charge < -0.3 is 4.90 Å². The topological polar surface area (TPSA) is 20.3 Å². The highest BCUT2D eigenvalue weighted by molar-refractivity contribution is 8.01. The van der Waals surface area contributed by atoms with E-state index in [4.69, 9.17) is 0 Å². The Kier molecular flexibility index (Phi) is 11.5. The van der Waals surface area contributed by atoms with E-state index in [1.165, 1.54) is 51.6 Å². The maximum Gasteiger partial charge on any atom is 0.0201 e. The van der Waals surface area contributed by atoms with Crippen LogP contribution in [0.3, 0.4) is 0 Å². The molecule has 0 radical (unpaired) electrons. The smallest absolute Gasteiger partial charge is 0.0201 e. The normalized spacial score (nSPS) is 28.3. The summed E-state index contributed by atoms with van der Waals surface area (Å²) in [5, 5.41) is 0. The second-order valence-electron chi connectivity index (χ2n) is 16.6. The Labute approximate surface area is 222 Å². The second kappa shape index (κ2) is 12.2. The van der Waals surface area contributed by atoms with Crippen molar-refractivity contribution in [3.05, 3.63) is 0 Å². The Morgan fingerprint density at radius 1 is 0.571 bits per heavy atom. The number of likely N-dealkylation sites (tertiary alicyclic amines) is 1. The van der Waals surface area contributed by atoms with E-state index in [2.05, 4.69) is 101 Å². The molecule has 4 fully saturated rings. The molecule has 2 heterocycles. The fourth-order valence-electron chi connectivity index (χ4n) is 4.98. The van der Waals surface area contributed by atoms with Crippen molar-refractivity contribution < 1.29 is 4.21 Å². The van der Waals surface area contributed by atoms with Gasteiger partial charge in [0.2, 0.25) is 0 Å². The molecule has 0 aromatic heterocycles. The Hall–Kier alpha value is -0.0200. The van der Waals surface area contributed by atoms with Crippen LogP contribution in [0.15, 0.2) is 0 Å². The minimum atomic E-state index is -1.61. The third kappa shape index (κ3) is 11.9. The Morgan fingerprint density at radius 2 is 0.857 bits per heavy atom. The van der Waals surface area contributed by atoms with Crippen molar-refractivity contribution in [1.29, 1.82) is 0 Å². The molecular formula is C32H65NOS. The van der Waals surface area contributed by atoms with Crippen molar-refractivity contribution in [2.75, 3.05) is 31.6 Å². The number of rotatable bonds is 0. The van der Waals surface area contributed by atoms with Gasteiger partial charge in [-0.2, -0.15) is 0 Å². The molecule has 0 aromatic rings. The summed E-state index contributed by atoms with van der Waals surface area (Å²) in [5.74, 6) is 8.98. The van der Waals surface area contributed by atoms with Gasteiger partial charge >= 0.3 is 0 Å². The number of hydrogen-bond acceptors (Lipinski definition) is 2. The fourth-order valence-corrected chi connectivity index (χ4v) is 7.35. The largest absolute Gasteiger partial charge is 0.306 e. The van der Waals surface area contributed by atoms with E-state index in [9.17, 15) is 4.21 Å². The summed E-state index contributed by atoms with van der Waals surface area (Å²) in [6, 6.07) is 0. The molecule has 0 atom stereocenters. The van der Waals surface area contributed by atoms with Crippen LogP contribution in [-0.2, 0) is 9.52 Å². The lowest BCUT2D eigenvalue weighted by Gasteiger charge is -2.44. The van der Waals surface area contributed by atoms with Crippen molar-refractivity contribution in [2.24, 2.45) is 45.3 Å². The molecule has 2 saturated carbocycles. The molecule has 0 N–H and O–H groups in total. The molecule has 210 valence electrons. The average Bonchev–Trinajstić information content (AvgIpc) is 2.42. The Morgan fingerprint density at radius 3 is 0.914 bits per heavy atom. The third-order valence-corrected chi connectivity index (χ3v) is 11.2. The van der Waals surface area contributed by atoms with Gasteiger partial charge in [-0.15, -0.1) is 0 Å². The van der Waals surface area contributed by atoms with Gasteiger partial charge in [-0.1, -0.05) is 95.9 Å². The van der Waals surface area contributed by atoms with Crippen LogP contribution in [0, 0.1) is 45.3 Å². The van der Waals surface area contributed by atoms with Crippen LogP contribution < -0.4 is 0 Å². The molecule has 2 aliphatic carbocycles. The molecular weight excluding hydrogens is 446 g/mol. The first-order chi connectivity index (χ1) is 15.5. The van der Waals surface area contributed by atoms with E-state index in [1.807, 2.05) is 0 Å². The van der Waals surface area contributed by atoms with E-state index >= 15 is 0 Å². The van der Waals surface area contributed by atoms with Crippen molar-refractivity contribution in [2.45, 2.75) is 122 Å². The molecule has 0 aromatic carbocycles. The summed E-state index contributed by atoms with van der Waals surface area (Å²) in [6.07, 6.45) is 8.85. The monoisotopic (exact) mass is 511 g/mol. The van der Waals surface area contributed by atoms with Crippen molar-refractivity contribution >= 4 is 15.4 Å². The SMILES string of the molecule is C=S1(=O)CC(C(C)(C)C)C1.CC(C)(C)C1CCC1.CC(C)(C)C1CCC1.CN1CC(C(C)(C)C)C1. The fraction of sp³-hybridized carbons (Fsp3) is 0.969. The van der Waals surface area contributed by atoms with Gasteiger partial charge in [0, 0.05) is 24.6 Å². The number of nitrogens with zero attached hydrogens (tertiary/aromatic N) is 1. The molecule has 2 saturated heterocycles. The Bertz CT molecular complexity index is 673. The Balaban J connectivity index is 0.000000234. The lowest BCUT2D eigenvalue weighted by atomic mass is 9.69. The zero-order chi connectivity index (χ0) is 27.5. The molecule has 0 amide bonds. The van der Waals surface area contributed by atoms with E-state index in [0.29, 0.717) is 27.6 Å². The van der Waals surface area contributed by atoms with Crippen LogP contribution in [0.2, 0.25) is 0 Å².